The van der Waals surface area contributed by atoms with Gasteiger partial charge >= 0.3 is 0 Å². The molecular formula is C23H21N3O3S. The molecule has 0 saturated heterocycles. The first-order valence-electron chi connectivity index (χ1n) is 9.67. The summed E-state index contributed by atoms with van der Waals surface area (Å²) >= 11 is 1.59. The van der Waals surface area contributed by atoms with Gasteiger partial charge < -0.3 is 15.2 Å². The minimum absolute atomic E-state index is 0.0155. The van der Waals surface area contributed by atoms with Crippen LogP contribution in [0.3, 0.4) is 0 Å². The first-order chi connectivity index (χ1) is 14.6. The first kappa shape index (κ1) is 20.0. The number of hydrogen-bond acceptors (Lipinski definition) is 7. The number of methoxy groups -OCH3 is 1. The number of nitrogens with zero attached hydrogens (tertiary/aromatic N) is 2. The van der Waals surface area contributed by atoms with E-state index in [0.717, 1.165) is 28.3 Å². The summed E-state index contributed by atoms with van der Waals surface area (Å²) in [7, 11) is 1.63. The van der Waals surface area contributed by atoms with Gasteiger partial charge in [0.1, 0.15) is 23.2 Å². The molecule has 4 rings (SSSR count). The van der Waals surface area contributed by atoms with Crippen LogP contribution in [0.5, 0.6) is 5.75 Å². The largest absolute Gasteiger partial charge is 0.496 e. The lowest BCUT2D eigenvalue weighted by Gasteiger charge is -2.31. The summed E-state index contributed by atoms with van der Waals surface area (Å²) in [5.41, 5.74) is 8.67. The Labute approximate surface area is 179 Å². The van der Waals surface area contributed by atoms with Gasteiger partial charge in [-0.2, -0.15) is 5.26 Å². The fourth-order valence-corrected chi connectivity index (χ4v) is 4.70. The highest BCUT2D eigenvalue weighted by Gasteiger charge is 2.38. The Morgan fingerprint density at radius 1 is 1.33 bits per heavy atom. The molecule has 0 radical (unpaired) electrons. The maximum atomic E-state index is 12.8. The summed E-state index contributed by atoms with van der Waals surface area (Å²) in [6.07, 6.45) is 3.59. The highest BCUT2D eigenvalue weighted by molar-refractivity contribution is 7.98. The Hall–Kier alpha value is -3.24. The number of nitriles is 1. The second-order valence-electron chi connectivity index (χ2n) is 7.07. The molecule has 1 aliphatic heterocycles. The van der Waals surface area contributed by atoms with E-state index in [9.17, 15) is 10.1 Å². The van der Waals surface area contributed by atoms with Gasteiger partial charge in [0.2, 0.25) is 5.88 Å². The Morgan fingerprint density at radius 3 is 2.93 bits per heavy atom. The normalized spacial score (nSPS) is 18.5. The number of pyridine rings is 1. The zero-order valence-electron chi connectivity index (χ0n) is 16.6. The number of aromatic nitrogens is 1. The van der Waals surface area contributed by atoms with Crippen LogP contribution in [0.15, 0.2) is 70.4 Å². The molecule has 30 heavy (non-hydrogen) atoms. The van der Waals surface area contributed by atoms with Crippen LogP contribution in [0.1, 0.15) is 36.3 Å². The second kappa shape index (κ2) is 8.64. The predicted octanol–water partition coefficient (Wildman–Crippen LogP) is 4.20. The molecule has 7 heteroatoms. The maximum Gasteiger partial charge on any atom is 0.205 e. The number of thioether (sulfide) groups is 1. The maximum absolute atomic E-state index is 12.8. The fraction of sp³-hybridized carbons (Fsp3) is 0.261. The van der Waals surface area contributed by atoms with Crippen LogP contribution in [0.25, 0.3) is 0 Å². The van der Waals surface area contributed by atoms with Gasteiger partial charge in [-0.1, -0.05) is 18.2 Å². The van der Waals surface area contributed by atoms with Gasteiger partial charge in [0.15, 0.2) is 5.78 Å². The number of carbonyl (C=O) groups excluding carboxylic acids is 1. The molecule has 2 N–H and O–H groups in total. The monoisotopic (exact) mass is 419 g/mol. The molecule has 0 amide bonds. The third-order valence-corrected chi connectivity index (χ3v) is 6.25. The van der Waals surface area contributed by atoms with Crippen LogP contribution < -0.4 is 10.5 Å². The van der Waals surface area contributed by atoms with E-state index in [1.54, 1.807) is 25.1 Å². The van der Waals surface area contributed by atoms with Crippen LogP contribution in [0, 0.1) is 11.3 Å². The Balaban J connectivity index is 1.74. The molecule has 0 fully saturated rings. The average molecular weight is 420 g/mol. The molecule has 1 aliphatic carbocycles. The van der Waals surface area contributed by atoms with Crippen LogP contribution in [-0.2, 0) is 15.3 Å². The van der Waals surface area contributed by atoms with E-state index >= 15 is 0 Å². The lowest BCUT2D eigenvalue weighted by Crippen LogP contribution is -2.27. The third kappa shape index (κ3) is 3.79. The fourth-order valence-electron chi connectivity index (χ4n) is 3.86. The van der Waals surface area contributed by atoms with Crippen molar-refractivity contribution in [3.8, 4) is 11.8 Å². The van der Waals surface area contributed by atoms with Crippen molar-refractivity contribution in [1.82, 2.24) is 4.98 Å². The van der Waals surface area contributed by atoms with Crippen molar-refractivity contribution >= 4 is 17.5 Å². The van der Waals surface area contributed by atoms with Crippen molar-refractivity contribution in [2.24, 2.45) is 5.73 Å². The van der Waals surface area contributed by atoms with E-state index < -0.39 is 5.92 Å². The quantitative estimate of drug-likeness (QED) is 0.725. The van der Waals surface area contributed by atoms with Gasteiger partial charge in [0.05, 0.1) is 18.1 Å². The highest BCUT2D eigenvalue weighted by atomic mass is 32.2. The molecule has 1 aromatic carbocycles. The minimum Gasteiger partial charge on any atom is -0.496 e. The Kier molecular flexibility index (Phi) is 5.77. The summed E-state index contributed by atoms with van der Waals surface area (Å²) < 4.78 is 11.2. The second-order valence-corrected chi connectivity index (χ2v) is 8.06. The molecule has 0 unspecified atom stereocenters. The van der Waals surface area contributed by atoms with E-state index in [1.807, 2.05) is 36.4 Å². The van der Waals surface area contributed by atoms with Gasteiger partial charge in [-0.15, -0.1) is 11.8 Å². The SMILES string of the molecule is COc1ccc([C@@H]2C(C#N)=C(N)OC3=C2C(=O)CCC3)cc1CSc1ccccn1. The summed E-state index contributed by atoms with van der Waals surface area (Å²) in [6.45, 7) is 0. The zero-order valence-corrected chi connectivity index (χ0v) is 17.4. The van der Waals surface area contributed by atoms with E-state index in [1.165, 1.54) is 0 Å². The summed E-state index contributed by atoms with van der Waals surface area (Å²) in [6, 6.07) is 13.7. The number of rotatable bonds is 5. The van der Waals surface area contributed by atoms with Crippen molar-refractivity contribution in [1.29, 1.82) is 5.26 Å². The molecule has 1 aromatic heterocycles. The van der Waals surface area contributed by atoms with Crippen LogP contribution in [0.4, 0.5) is 0 Å². The van der Waals surface area contributed by atoms with Crippen LogP contribution in [-0.4, -0.2) is 17.9 Å². The molecule has 2 heterocycles. The molecular weight excluding hydrogens is 398 g/mol. The molecule has 152 valence electrons. The number of Topliss-reactive ketones (excluding diaryl/α,β-unsaturated/α-hetero) is 1. The van der Waals surface area contributed by atoms with Gasteiger partial charge in [-0.25, -0.2) is 4.98 Å². The molecule has 0 spiro atoms. The average Bonchev–Trinajstić information content (AvgIpc) is 2.77. The Bertz CT molecular complexity index is 1090. The highest BCUT2D eigenvalue weighted by Crippen LogP contribution is 2.44. The molecule has 0 bridgehead atoms. The van der Waals surface area contributed by atoms with Gasteiger partial charge in [0.25, 0.3) is 0 Å². The van der Waals surface area contributed by atoms with Crippen molar-refractivity contribution in [3.63, 3.8) is 0 Å². The number of ether oxygens (including phenoxy) is 2. The lowest BCUT2D eigenvalue weighted by molar-refractivity contribution is -0.116. The molecule has 2 aliphatic rings. The molecule has 0 saturated carbocycles. The minimum atomic E-state index is -0.518. The first-order valence-corrected chi connectivity index (χ1v) is 10.7. The van der Waals surface area contributed by atoms with E-state index in [0.29, 0.717) is 29.9 Å². The predicted molar refractivity (Wildman–Crippen MR) is 113 cm³/mol. The summed E-state index contributed by atoms with van der Waals surface area (Å²) in [5, 5.41) is 10.7. The molecule has 1 atom stereocenters. The van der Waals surface area contributed by atoms with Crippen molar-refractivity contribution in [3.05, 3.63) is 76.5 Å². The summed E-state index contributed by atoms with van der Waals surface area (Å²) in [5.74, 6) is 1.55. The topological polar surface area (TPSA) is 98.2 Å². The zero-order chi connectivity index (χ0) is 21.1. The smallest absolute Gasteiger partial charge is 0.205 e. The van der Waals surface area contributed by atoms with Crippen LogP contribution in [0.2, 0.25) is 0 Å². The van der Waals surface area contributed by atoms with Gasteiger partial charge in [-0.3, -0.25) is 4.79 Å². The number of benzene rings is 1. The van der Waals surface area contributed by atoms with E-state index in [-0.39, 0.29) is 17.2 Å². The molecule has 2 aromatic rings. The van der Waals surface area contributed by atoms with Gasteiger partial charge in [0, 0.05) is 35.9 Å². The van der Waals surface area contributed by atoms with Gasteiger partial charge in [-0.05, 0) is 30.2 Å². The third-order valence-electron chi connectivity index (χ3n) is 5.26. The van der Waals surface area contributed by atoms with Crippen molar-refractivity contribution in [2.75, 3.05) is 7.11 Å². The van der Waals surface area contributed by atoms with Crippen LogP contribution >= 0.6 is 11.8 Å². The van der Waals surface area contributed by atoms with Crippen molar-refractivity contribution < 1.29 is 14.3 Å². The van der Waals surface area contributed by atoms with E-state index in [2.05, 4.69) is 11.1 Å². The number of ketones is 1. The number of allylic oxidation sites excluding steroid dienone is 3. The summed E-state index contributed by atoms with van der Waals surface area (Å²) in [4.78, 5) is 17.1. The molecule has 6 nitrogen and oxygen atoms in total. The standard InChI is InChI=1S/C23H21N3O3S/c1-28-18-9-8-14(11-15(18)13-30-20-7-2-3-10-26-20)21-16(12-24)23(25)29-19-6-4-5-17(27)22(19)21/h2-3,7-11,21H,4-6,13,25H2,1H3/t21-/m1/s1. The lowest BCUT2D eigenvalue weighted by atomic mass is 9.77. The number of carbonyl (C=O) groups is 1. The van der Waals surface area contributed by atoms with Crippen molar-refractivity contribution in [2.45, 2.75) is 36.0 Å². The number of hydrogen-bond donors (Lipinski definition) is 1. The number of nitrogens with two attached hydrogens (primary N) is 1. The Morgan fingerprint density at radius 2 is 2.20 bits per heavy atom. The van der Waals surface area contributed by atoms with E-state index in [4.69, 9.17) is 15.2 Å².